The Labute approximate surface area is 160 Å². The lowest BCUT2D eigenvalue weighted by Crippen LogP contribution is -2.41. The van der Waals surface area contributed by atoms with Crippen molar-refractivity contribution < 1.29 is 4.74 Å². The summed E-state index contributed by atoms with van der Waals surface area (Å²) in [5.74, 6) is 1.64. The maximum Gasteiger partial charge on any atom is 0.191 e. The van der Waals surface area contributed by atoms with E-state index in [4.69, 9.17) is 4.74 Å². The number of aromatic nitrogens is 1. The van der Waals surface area contributed by atoms with E-state index in [1.54, 1.807) is 7.05 Å². The fraction of sp³-hybridized carbons (Fsp3) is 0.273. The molecule has 0 saturated heterocycles. The summed E-state index contributed by atoms with van der Waals surface area (Å²) in [7, 11) is 1.76. The molecule has 3 aromatic rings. The van der Waals surface area contributed by atoms with Gasteiger partial charge in [0.25, 0.3) is 0 Å². The molecule has 5 heteroatoms. The van der Waals surface area contributed by atoms with Crippen LogP contribution in [-0.2, 0) is 6.54 Å². The summed E-state index contributed by atoms with van der Waals surface area (Å²) in [6.07, 6.45) is 1.86. The number of nitrogens with zero attached hydrogens (tertiary/aromatic N) is 2. The SMILES string of the molecule is CN=C(NCc1nccc2ccccc12)NCC(C)Oc1ccccc1C. The minimum atomic E-state index is 0.0142. The zero-order valence-corrected chi connectivity index (χ0v) is 16.1. The summed E-state index contributed by atoms with van der Waals surface area (Å²) in [5, 5.41) is 8.98. The van der Waals surface area contributed by atoms with Crippen LogP contribution < -0.4 is 15.4 Å². The number of aliphatic imine (C=N–C) groups is 1. The first kappa shape index (κ1) is 18.7. The maximum atomic E-state index is 6.00. The van der Waals surface area contributed by atoms with E-state index in [2.05, 4.69) is 32.7 Å². The van der Waals surface area contributed by atoms with Gasteiger partial charge in [-0.25, -0.2) is 0 Å². The average Bonchev–Trinajstić information content (AvgIpc) is 2.70. The number of aryl methyl sites for hydroxylation is 1. The summed E-state index contributed by atoms with van der Waals surface area (Å²) < 4.78 is 6.00. The number of hydrogen-bond donors (Lipinski definition) is 2. The number of pyridine rings is 1. The number of nitrogens with one attached hydrogen (secondary N) is 2. The number of fused-ring (bicyclic) bond motifs is 1. The summed E-state index contributed by atoms with van der Waals surface area (Å²) in [6.45, 7) is 5.34. The predicted molar refractivity (Wildman–Crippen MR) is 111 cm³/mol. The average molecular weight is 362 g/mol. The highest BCUT2D eigenvalue weighted by Crippen LogP contribution is 2.18. The van der Waals surface area contributed by atoms with E-state index in [0.717, 1.165) is 28.4 Å². The first-order valence-corrected chi connectivity index (χ1v) is 9.17. The molecule has 0 fully saturated rings. The van der Waals surface area contributed by atoms with Gasteiger partial charge in [0, 0.05) is 18.6 Å². The van der Waals surface area contributed by atoms with Crippen molar-refractivity contribution >= 4 is 16.7 Å². The van der Waals surface area contributed by atoms with Crippen LogP contribution in [0.4, 0.5) is 0 Å². The lowest BCUT2D eigenvalue weighted by molar-refractivity contribution is 0.222. The summed E-state index contributed by atoms with van der Waals surface area (Å²) in [6, 6.07) is 18.3. The second kappa shape index (κ2) is 9.03. The van der Waals surface area contributed by atoms with Crippen LogP contribution in [0.3, 0.4) is 0 Å². The Hall–Kier alpha value is -3.08. The topological polar surface area (TPSA) is 58.5 Å². The van der Waals surface area contributed by atoms with Gasteiger partial charge in [0.15, 0.2) is 5.96 Å². The Morgan fingerprint density at radius 2 is 1.85 bits per heavy atom. The van der Waals surface area contributed by atoms with Crippen LogP contribution >= 0.6 is 0 Å². The van der Waals surface area contributed by atoms with Gasteiger partial charge >= 0.3 is 0 Å². The van der Waals surface area contributed by atoms with Crippen molar-refractivity contribution in [1.82, 2.24) is 15.6 Å². The van der Waals surface area contributed by atoms with Gasteiger partial charge in [0.05, 0.1) is 18.8 Å². The smallest absolute Gasteiger partial charge is 0.191 e. The van der Waals surface area contributed by atoms with Gasteiger partial charge in [-0.05, 0) is 36.9 Å². The van der Waals surface area contributed by atoms with Crippen LogP contribution in [0.15, 0.2) is 65.8 Å². The number of para-hydroxylation sites is 1. The molecule has 0 amide bonds. The lowest BCUT2D eigenvalue weighted by Gasteiger charge is -2.19. The molecule has 1 unspecified atom stereocenters. The minimum absolute atomic E-state index is 0.0142. The summed E-state index contributed by atoms with van der Waals surface area (Å²) in [4.78, 5) is 8.79. The Morgan fingerprint density at radius 1 is 1.07 bits per heavy atom. The van der Waals surface area contributed by atoms with E-state index in [1.807, 2.05) is 62.5 Å². The molecule has 0 radical (unpaired) electrons. The van der Waals surface area contributed by atoms with Crippen molar-refractivity contribution in [3.05, 3.63) is 72.1 Å². The van der Waals surface area contributed by atoms with E-state index in [-0.39, 0.29) is 6.10 Å². The van der Waals surface area contributed by atoms with Crippen molar-refractivity contribution in [2.24, 2.45) is 4.99 Å². The van der Waals surface area contributed by atoms with E-state index in [9.17, 15) is 0 Å². The third-order valence-electron chi connectivity index (χ3n) is 4.38. The molecule has 27 heavy (non-hydrogen) atoms. The summed E-state index contributed by atoms with van der Waals surface area (Å²) in [5.41, 5.74) is 2.13. The molecule has 5 nitrogen and oxygen atoms in total. The van der Waals surface area contributed by atoms with E-state index in [0.29, 0.717) is 13.1 Å². The third kappa shape index (κ3) is 4.97. The van der Waals surface area contributed by atoms with Crippen LogP contribution in [0.1, 0.15) is 18.2 Å². The molecule has 1 heterocycles. The Bertz CT molecular complexity index is 918. The van der Waals surface area contributed by atoms with E-state index >= 15 is 0 Å². The van der Waals surface area contributed by atoms with Crippen molar-refractivity contribution in [2.45, 2.75) is 26.5 Å². The van der Waals surface area contributed by atoms with Crippen LogP contribution in [0.5, 0.6) is 5.75 Å². The Kier molecular flexibility index (Phi) is 6.26. The molecular weight excluding hydrogens is 336 g/mol. The number of ether oxygens (including phenoxy) is 1. The fourth-order valence-corrected chi connectivity index (χ4v) is 2.90. The molecule has 1 aromatic heterocycles. The fourth-order valence-electron chi connectivity index (χ4n) is 2.90. The van der Waals surface area contributed by atoms with Crippen molar-refractivity contribution in [2.75, 3.05) is 13.6 Å². The van der Waals surface area contributed by atoms with E-state index in [1.165, 1.54) is 5.39 Å². The van der Waals surface area contributed by atoms with Crippen LogP contribution in [0, 0.1) is 6.92 Å². The van der Waals surface area contributed by atoms with Crippen LogP contribution in [0.2, 0.25) is 0 Å². The molecule has 0 spiro atoms. The first-order valence-electron chi connectivity index (χ1n) is 9.17. The second-order valence-electron chi connectivity index (χ2n) is 6.48. The van der Waals surface area contributed by atoms with Gasteiger partial charge in [-0.15, -0.1) is 0 Å². The maximum absolute atomic E-state index is 6.00. The highest BCUT2D eigenvalue weighted by molar-refractivity contribution is 5.85. The number of benzene rings is 2. The van der Waals surface area contributed by atoms with Gasteiger partial charge in [-0.1, -0.05) is 42.5 Å². The number of guanidine groups is 1. The molecule has 1 atom stereocenters. The molecule has 3 rings (SSSR count). The standard InChI is InChI=1S/C22H26N4O/c1-16-8-4-7-11-21(16)27-17(2)14-25-22(23-3)26-15-20-19-10-6-5-9-18(19)12-13-24-20/h4-13,17H,14-15H2,1-3H3,(H2,23,25,26). The summed E-state index contributed by atoms with van der Waals surface area (Å²) >= 11 is 0. The van der Waals surface area contributed by atoms with Crippen molar-refractivity contribution in [1.29, 1.82) is 0 Å². The van der Waals surface area contributed by atoms with Gasteiger partial charge in [0.1, 0.15) is 11.9 Å². The minimum Gasteiger partial charge on any atom is -0.489 e. The first-order chi connectivity index (χ1) is 13.2. The molecule has 0 aliphatic rings. The molecule has 0 aliphatic carbocycles. The number of hydrogen-bond acceptors (Lipinski definition) is 3. The normalized spacial score (nSPS) is 12.6. The largest absolute Gasteiger partial charge is 0.489 e. The highest BCUT2D eigenvalue weighted by atomic mass is 16.5. The third-order valence-corrected chi connectivity index (χ3v) is 4.38. The molecular formula is C22H26N4O. The molecule has 2 N–H and O–H groups in total. The molecule has 0 saturated carbocycles. The van der Waals surface area contributed by atoms with Crippen LogP contribution in [0.25, 0.3) is 10.8 Å². The Balaban J connectivity index is 1.54. The van der Waals surface area contributed by atoms with Gasteiger partial charge < -0.3 is 15.4 Å². The van der Waals surface area contributed by atoms with Gasteiger partial charge in [-0.3, -0.25) is 9.98 Å². The molecule has 0 aliphatic heterocycles. The highest BCUT2D eigenvalue weighted by Gasteiger charge is 2.08. The van der Waals surface area contributed by atoms with E-state index < -0.39 is 0 Å². The molecule has 140 valence electrons. The van der Waals surface area contributed by atoms with Crippen molar-refractivity contribution in [3.63, 3.8) is 0 Å². The zero-order chi connectivity index (χ0) is 19.1. The second-order valence-corrected chi connectivity index (χ2v) is 6.48. The lowest BCUT2D eigenvalue weighted by atomic mass is 10.1. The van der Waals surface area contributed by atoms with Crippen LogP contribution in [-0.4, -0.2) is 30.6 Å². The van der Waals surface area contributed by atoms with Gasteiger partial charge in [-0.2, -0.15) is 0 Å². The molecule has 0 bridgehead atoms. The number of rotatable bonds is 6. The Morgan fingerprint density at radius 3 is 2.67 bits per heavy atom. The monoisotopic (exact) mass is 362 g/mol. The quantitative estimate of drug-likeness (QED) is 0.519. The van der Waals surface area contributed by atoms with Gasteiger partial charge in [0.2, 0.25) is 0 Å². The molecule has 2 aromatic carbocycles. The zero-order valence-electron chi connectivity index (χ0n) is 16.1. The predicted octanol–water partition coefficient (Wildman–Crippen LogP) is 3.68. The van der Waals surface area contributed by atoms with Crippen molar-refractivity contribution in [3.8, 4) is 5.75 Å².